The fourth-order valence-corrected chi connectivity index (χ4v) is 2.07. The molecule has 0 radical (unpaired) electrons. The van der Waals surface area contributed by atoms with Crippen molar-refractivity contribution in [3.63, 3.8) is 0 Å². The molecule has 1 heterocycles. The van der Waals surface area contributed by atoms with E-state index in [0.717, 1.165) is 12.8 Å². The Morgan fingerprint density at radius 1 is 1.09 bits per heavy atom. The fourth-order valence-electron chi connectivity index (χ4n) is 2.07. The van der Waals surface area contributed by atoms with Crippen molar-refractivity contribution in [2.75, 3.05) is 0 Å². The van der Waals surface area contributed by atoms with Crippen molar-refractivity contribution < 1.29 is 14.3 Å². The molecular formula is C17H16N2O3. The molecule has 5 heteroatoms. The summed E-state index contributed by atoms with van der Waals surface area (Å²) in [5.74, 6) is -0.821. The van der Waals surface area contributed by atoms with Gasteiger partial charge in [-0.1, -0.05) is 30.3 Å². The van der Waals surface area contributed by atoms with Crippen LogP contribution in [0.3, 0.4) is 0 Å². The summed E-state index contributed by atoms with van der Waals surface area (Å²) in [5, 5.41) is 2.88. The monoisotopic (exact) mass is 296 g/mol. The number of aromatic nitrogens is 1. The second kappa shape index (κ2) is 6.39. The third-order valence-electron chi connectivity index (χ3n) is 3.41. The Hall–Kier alpha value is -2.69. The van der Waals surface area contributed by atoms with E-state index >= 15 is 0 Å². The first-order valence-corrected chi connectivity index (χ1v) is 7.20. The van der Waals surface area contributed by atoms with Crippen LogP contribution in [0.5, 0.6) is 0 Å². The van der Waals surface area contributed by atoms with Crippen molar-refractivity contribution in [2.24, 2.45) is 0 Å². The number of carbonyl (C=O) groups excluding carboxylic acids is 2. The van der Waals surface area contributed by atoms with Gasteiger partial charge in [-0.05, 0) is 25.0 Å². The molecule has 1 aromatic heterocycles. The van der Waals surface area contributed by atoms with Crippen LogP contribution in [-0.2, 0) is 9.53 Å². The number of nitrogens with zero attached hydrogens (tertiary/aromatic N) is 1. The van der Waals surface area contributed by atoms with Gasteiger partial charge in [-0.2, -0.15) is 0 Å². The number of hydrogen-bond acceptors (Lipinski definition) is 4. The van der Waals surface area contributed by atoms with Gasteiger partial charge in [0.25, 0.3) is 5.91 Å². The summed E-state index contributed by atoms with van der Waals surface area (Å²) in [5.41, 5.74) is 1.03. The van der Waals surface area contributed by atoms with Gasteiger partial charge in [0.15, 0.2) is 0 Å². The number of ether oxygens (including phenoxy) is 1. The van der Waals surface area contributed by atoms with Gasteiger partial charge in [-0.3, -0.25) is 9.78 Å². The van der Waals surface area contributed by atoms with E-state index in [-0.39, 0.29) is 11.9 Å². The van der Waals surface area contributed by atoms with Gasteiger partial charge >= 0.3 is 5.97 Å². The lowest BCUT2D eigenvalue weighted by molar-refractivity contribution is -0.130. The molecule has 1 fully saturated rings. The molecule has 0 saturated heterocycles. The fraction of sp³-hybridized carbons (Fsp3) is 0.235. The Morgan fingerprint density at radius 3 is 2.41 bits per heavy atom. The van der Waals surface area contributed by atoms with Crippen LogP contribution in [0.4, 0.5) is 0 Å². The number of hydrogen-bond donors (Lipinski definition) is 1. The molecule has 1 aromatic carbocycles. The molecule has 1 atom stereocenters. The van der Waals surface area contributed by atoms with Gasteiger partial charge in [0.2, 0.25) is 6.10 Å². The number of rotatable bonds is 5. The molecule has 1 saturated carbocycles. The Morgan fingerprint density at radius 2 is 1.77 bits per heavy atom. The van der Waals surface area contributed by atoms with Crippen LogP contribution in [0.15, 0.2) is 54.9 Å². The molecule has 0 aliphatic heterocycles. The molecule has 0 unspecified atom stereocenters. The highest BCUT2D eigenvalue weighted by Gasteiger charge is 2.30. The third-order valence-corrected chi connectivity index (χ3v) is 3.41. The summed E-state index contributed by atoms with van der Waals surface area (Å²) in [4.78, 5) is 28.4. The smallest absolute Gasteiger partial charge is 0.339 e. The standard InChI is InChI=1S/C17H16N2O3/c20-16(19-14-6-7-14)15(12-4-2-1-3-5-12)22-17(21)13-8-10-18-11-9-13/h1-5,8-11,14-15H,6-7H2,(H,19,20)/t15-/m1/s1. The van der Waals surface area contributed by atoms with E-state index in [4.69, 9.17) is 4.74 Å². The van der Waals surface area contributed by atoms with Crippen LogP contribution in [0.2, 0.25) is 0 Å². The van der Waals surface area contributed by atoms with Crippen LogP contribution < -0.4 is 5.32 Å². The van der Waals surface area contributed by atoms with E-state index in [2.05, 4.69) is 10.3 Å². The average molecular weight is 296 g/mol. The molecular weight excluding hydrogens is 280 g/mol. The van der Waals surface area contributed by atoms with E-state index in [0.29, 0.717) is 11.1 Å². The number of amides is 1. The number of pyridine rings is 1. The maximum atomic E-state index is 12.4. The van der Waals surface area contributed by atoms with Crippen molar-refractivity contribution in [3.05, 3.63) is 66.0 Å². The third kappa shape index (κ3) is 3.49. The van der Waals surface area contributed by atoms with E-state index in [9.17, 15) is 9.59 Å². The van der Waals surface area contributed by atoms with E-state index in [1.54, 1.807) is 24.3 Å². The highest BCUT2D eigenvalue weighted by molar-refractivity contribution is 5.92. The first-order chi connectivity index (χ1) is 10.7. The lowest BCUT2D eigenvalue weighted by Gasteiger charge is -2.18. The van der Waals surface area contributed by atoms with Crippen LogP contribution in [-0.4, -0.2) is 22.9 Å². The summed E-state index contributed by atoms with van der Waals surface area (Å²) < 4.78 is 5.43. The first kappa shape index (κ1) is 14.3. The van der Waals surface area contributed by atoms with E-state index < -0.39 is 12.1 Å². The van der Waals surface area contributed by atoms with Crippen LogP contribution in [0.1, 0.15) is 34.9 Å². The number of esters is 1. The van der Waals surface area contributed by atoms with Gasteiger partial charge in [0.1, 0.15) is 0 Å². The number of carbonyl (C=O) groups is 2. The minimum absolute atomic E-state index is 0.207. The van der Waals surface area contributed by atoms with Gasteiger partial charge < -0.3 is 10.1 Å². The summed E-state index contributed by atoms with van der Waals surface area (Å²) in [6.45, 7) is 0. The predicted octanol–water partition coefficient (Wildman–Crippen LogP) is 2.26. The topological polar surface area (TPSA) is 68.3 Å². The molecule has 22 heavy (non-hydrogen) atoms. The van der Waals surface area contributed by atoms with Crippen LogP contribution in [0, 0.1) is 0 Å². The molecule has 1 aliphatic carbocycles. The number of benzene rings is 1. The molecule has 1 amide bonds. The molecule has 2 aromatic rings. The van der Waals surface area contributed by atoms with Crippen molar-refractivity contribution in [1.29, 1.82) is 0 Å². The molecule has 1 aliphatic rings. The van der Waals surface area contributed by atoms with E-state index in [1.807, 2.05) is 18.2 Å². The molecule has 5 nitrogen and oxygen atoms in total. The Labute approximate surface area is 128 Å². The zero-order valence-corrected chi connectivity index (χ0v) is 11.9. The largest absolute Gasteiger partial charge is 0.444 e. The lowest BCUT2D eigenvalue weighted by atomic mass is 10.1. The summed E-state index contributed by atoms with van der Waals surface area (Å²) >= 11 is 0. The molecule has 112 valence electrons. The lowest BCUT2D eigenvalue weighted by Crippen LogP contribution is -2.33. The molecule has 0 spiro atoms. The Balaban J connectivity index is 1.79. The SMILES string of the molecule is O=C(O[C@@H](C(=O)NC1CC1)c1ccccc1)c1ccncc1. The minimum Gasteiger partial charge on any atom is -0.444 e. The van der Waals surface area contributed by atoms with Gasteiger partial charge in [0, 0.05) is 24.0 Å². The second-order valence-corrected chi connectivity index (χ2v) is 5.21. The summed E-state index contributed by atoms with van der Waals surface area (Å²) in [7, 11) is 0. The van der Waals surface area contributed by atoms with Crippen LogP contribution in [0.25, 0.3) is 0 Å². The van der Waals surface area contributed by atoms with Crippen molar-refractivity contribution in [3.8, 4) is 0 Å². The maximum Gasteiger partial charge on any atom is 0.339 e. The second-order valence-electron chi connectivity index (χ2n) is 5.21. The molecule has 3 rings (SSSR count). The van der Waals surface area contributed by atoms with Gasteiger partial charge in [-0.25, -0.2) is 4.79 Å². The van der Waals surface area contributed by atoms with Crippen molar-refractivity contribution in [1.82, 2.24) is 10.3 Å². The Bertz CT molecular complexity index is 654. The average Bonchev–Trinajstić information content (AvgIpc) is 3.38. The summed E-state index contributed by atoms with van der Waals surface area (Å²) in [6, 6.07) is 12.4. The minimum atomic E-state index is -0.942. The predicted molar refractivity (Wildman–Crippen MR) is 80.0 cm³/mol. The molecule has 0 bridgehead atoms. The quantitative estimate of drug-likeness (QED) is 0.859. The van der Waals surface area contributed by atoms with Crippen LogP contribution >= 0.6 is 0 Å². The highest BCUT2D eigenvalue weighted by atomic mass is 16.5. The van der Waals surface area contributed by atoms with Gasteiger partial charge in [0.05, 0.1) is 5.56 Å². The van der Waals surface area contributed by atoms with Crippen molar-refractivity contribution in [2.45, 2.75) is 25.0 Å². The normalized spacial score (nSPS) is 14.9. The first-order valence-electron chi connectivity index (χ1n) is 7.20. The van der Waals surface area contributed by atoms with Gasteiger partial charge in [-0.15, -0.1) is 0 Å². The zero-order valence-electron chi connectivity index (χ0n) is 11.9. The van der Waals surface area contributed by atoms with Crippen molar-refractivity contribution >= 4 is 11.9 Å². The zero-order chi connectivity index (χ0) is 15.4. The molecule has 1 N–H and O–H groups in total. The highest BCUT2D eigenvalue weighted by Crippen LogP contribution is 2.24. The van der Waals surface area contributed by atoms with E-state index in [1.165, 1.54) is 12.4 Å². The summed E-state index contributed by atoms with van der Waals surface area (Å²) in [6.07, 6.45) is 4.04. The number of nitrogens with one attached hydrogen (secondary N) is 1. The Kier molecular flexibility index (Phi) is 4.14. The maximum absolute atomic E-state index is 12.4.